The number of methoxy groups -OCH3 is 1. The molecular weight excluding hydrogens is 574 g/mol. The number of ether oxygens (including phenoxy) is 1. The summed E-state index contributed by atoms with van der Waals surface area (Å²) in [5, 5.41) is 3.53. The number of hydrogen-bond acceptors (Lipinski definition) is 5. The minimum absolute atomic E-state index is 0.00827. The third-order valence-electron chi connectivity index (χ3n) is 7.57. The Morgan fingerprint density at radius 2 is 1.69 bits per heavy atom. The topological polar surface area (TPSA) is 96.0 Å². The molecule has 0 radical (unpaired) electrons. The van der Waals surface area contributed by atoms with Crippen LogP contribution in [-0.4, -0.2) is 50.9 Å². The molecule has 3 aromatic carbocycles. The molecule has 0 heterocycles. The molecule has 10 heteroatoms. The van der Waals surface area contributed by atoms with Gasteiger partial charge in [0.2, 0.25) is 11.8 Å². The van der Waals surface area contributed by atoms with Crippen molar-refractivity contribution in [3.8, 4) is 5.75 Å². The van der Waals surface area contributed by atoms with Crippen LogP contribution >= 0.6 is 11.6 Å². The minimum Gasteiger partial charge on any atom is -0.497 e. The number of nitrogens with one attached hydrogen (secondary N) is 1. The van der Waals surface area contributed by atoms with Crippen molar-refractivity contribution in [3.63, 3.8) is 0 Å². The van der Waals surface area contributed by atoms with Crippen molar-refractivity contribution < 1.29 is 22.7 Å². The van der Waals surface area contributed by atoms with Crippen molar-refractivity contribution in [2.75, 3.05) is 18.0 Å². The molecule has 0 unspecified atom stereocenters. The van der Waals surface area contributed by atoms with Crippen LogP contribution in [0.1, 0.15) is 50.2 Å². The zero-order valence-electron chi connectivity index (χ0n) is 24.3. The highest BCUT2D eigenvalue weighted by Crippen LogP contribution is 2.27. The summed E-state index contributed by atoms with van der Waals surface area (Å²) in [6.07, 6.45) is 4.31. The molecule has 3 aromatic rings. The zero-order chi connectivity index (χ0) is 30.3. The van der Waals surface area contributed by atoms with Gasteiger partial charge in [-0.1, -0.05) is 55.6 Å². The quantitative estimate of drug-likeness (QED) is 0.283. The van der Waals surface area contributed by atoms with Crippen molar-refractivity contribution in [1.82, 2.24) is 10.2 Å². The predicted molar refractivity (Wildman–Crippen MR) is 165 cm³/mol. The normalized spacial score (nSPS) is 14.3. The minimum atomic E-state index is -4.16. The molecule has 0 saturated heterocycles. The highest BCUT2D eigenvalue weighted by atomic mass is 35.5. The fourth-order valence-electron chi connectivity index (χ4n) is 5.26. The second-order valence-electron chi connectivity index (χ2n) is 10.6. The first kappa shape index (κ1) is 31.4. The summed E-state index contributed by atoms with van der Waals surface area (Å²) in [7, 11) is -2.58. The molecule has 1 saturated carbocycles. The molecular formula is C32H38ClN3O5S. The van der Waals surface area contributed by atoms with E-state index in [9.17, 15) is 18.0 Å². The number of halogens is 1. The Bertz CT molecular complexity index is 1470. The molecule has 1 aliphatic carbocycles. The number of hydrogen-bond donors (Lipinski definition) is 1. The molecule has 0 bridgehead atoms. The zero-order valence-corrected chi connectivity index (χ0v) is 25.8. The van der Waals surface area contributed by atoms with Gasteiger partial charge >= 0.3 is 0 Å². The maximum Gasteiger partial charge on any atom is 0.264 e. The molecule has 0 aliphatic heterocycles. The number of carbonyl (C=O) groups excluding carboxylic acids is 2. The summed E-state index contributed by atoms with van der Waals surface area (Å²) < 4.78 is 34.3. The summed E-state index contributed by atoms with van der Waals surface area (Å²) >= 11 is 6.03. The Balaban J connectivity index is 1.71. The van der Waals surface area contributed by atoms with Crippen LogP contribution in [0.3, 0.4) is 0 Å². The van der Waals surface area contributed by atoms with Crippen molar-refractivity contribution in [2.24, 2.45) is 0 Å². The number of aryl methyl sites for hydroxylation is 1. The highest BCUT2D eigenvalue weighted by Gasteiger charge is 2.34. The van der Waals surface area contributed by atoms with Crippen LogP contribution < -0.4 is 14.4 Å². The molecule has 0 spiro atoms. The van der Waals surface area contributed by atoms with Crippen LogP contribution in [0.25, 0.3) is 0 Å². The van der Waals surface area contributed by atoms with Gasteiger partial charge in [0, 0.05) is 17.6 Å². The predicted octanol–water partition coefficient (Wildman–Crippen LogP) is 5.72. The van der Waals surface area contributed by atoms with Crippen molar-refractivity contribution in [2.45, 2.75) is 69.5 Å². The number of sulfonamides is 1. The Morgan fingerprint density at radius 1 is 1.02 bits per heavy atom. The van der Waals surface area contributed by atoms with Crippen LogP contribution in [0.2, 0.25) is 5.02 Å². The Hall–Kier alpha value is -3.56. The van der Waals surface area contributed by atoms with E-state index in [0.29, 0.717) is 22.9 Å². The Morgan fingerprint density at radius 3 is 2.29 bits per heavy atom. The maximum absolute atomic E-state index is 14.2. The molecule has 42 heavy (non-hydrogen) atoms. The summed E-state index contributed by atoms with van der Waals surface area (Å²) in [6, 6.07) is 19.4. The first-order chi connectivity index (χ1) is 20.1. The molecule has 4 rings (SSSR count). The highest BCUT2D eigenvalue weighted by molar-refractivity contribution is 7.92. The first-order valence-corrected chi connectivity index (χ1v) is 16.0. The summed E-state index contributed by atoms with van der Waals surface area (Å²) in [5.74, 6) is -0.0467. The number of amides is 2. The van der Waals surface area contributed by atoms with E-state index in [4.69, 9.17) is 16.3 Å². The van der Waals surface area contributed by atoms with Gasteiger partial charge in [-0.2, -0.15) is 0 Å². The van der Waals surface area contributed by atoms with Crippen LogP contribution in [0.5, 0.6) is 5.75 Å². The van der Waals surface area contributed by atoms with E-state index in [1.165, 1.54) is 29.2 Å². The molecule has 1 fully saturated rings. The fraction of sp³-hybridized carbons (Fsp3) is 0.375. The van der Waals surface area contributed by atoms with Gasteiger partial charge < -0.3 is 15.0 Å². The Kier molecular flexibility index (Phi) is 10.5. The lowest BCUT2D eigenvalue weighted by atomic mass is 10.1. The second kappa shape index (κ2) is 14.1. The molecule has 224 valence electrons. The molecule has 8 nitrogen and oxygen atoms in total. The molecule has 1 aliphatic rings. The van der Waals surface area contributed by atoms with Crippen molar-refractivity contribution in [3.05, 3.63) is 88.9 Å². The van der Waals surface area contributed by atoms with E-state index in [1.807, 2.05) is 32.0 Å². The van der Waals surface area contributed by atoms with Gasteiger partial charge in [0.05, 0.1) is 17.7 Å². The molecule has 1 N–H and O–H groups in total. The van der Waals surface area contributed by atoms with E-state index in [0.717, 1.165) is 41.1 Å². The lowest BCUT2D eigenvalue weighted by Gasteiger charge is -2.34. The SMILES string of the molecule is CC[C@H](C(=O)NC1CCCC1)N(Cc1ccc(OC)cc1)C(=O)CN(c1cccc(C)c1)S(=O)(=O)c1ccc(Cl)cc1. The summed E-state index contributed by atoms with van der Waals surface area (Å²) in [4.78, 5) is 29.3. The van der Waals surface area contributed by atoms with E-state index in [1.54, 1.807) is 37.4 Å². The van der Waals surface area contributed by atoms with Crippen LogP contribution in [0.15, 0.2) is 77.7 Å². The van der Waals surface area contributed by atoms with Gasteiger partial charge in [0.15, 0.2) is 0 Å². The number of benzene rings is 3. The lowest BCUT2D eigenvalue weighted by Crippen LogP contribution is -2.53. The van der Waals surface area contributed by atoms with Gasteiger partial charge in [-0.3, -0.25) is 13.9 Å². The second-order valence-corrected chi connectivity index (χ2v) is 12.9. The van der Waals surface area contributed by atoms with Gasteiger partial charge in [-0.15, -0.1) is 0 Å². The van der Waals surface area contributed by atoms with Crippen LogP contribution in [-0.2, 0) is 26.2 Å². The third kappa shape index (κ3) is 7.63. The number of rotatable bonds is 12. The first-order valence-electron chi connectivity index (χ1n) is 14.2. The summed E-state index contributed by atoms with van der Waals surface area (Å²) in [5.41, 5.74) is 1.99. The van der Waals surface area contributed by atoms with Gasteiger partial charge in [0.25, 0.3) is 10.0 Å². The van der Waals surface area contributed by atoms with E-state index in [-0.39, 0.29) is 23.4 Å². The fourth-order valence-corrected chi connectivity index (χ4v) is 6.79. The number of carbonyl (C=O) groups is 2. The van der Waals surface area contributed by atoms with Crippen molar-refractivity contribution >= 4 is 39.1 Å². The monoisotopic (exact) mass is 611 g/mol. The van der Waals surface area contributed by atoms with E-state index < -0.39 is 28.5 Å². The van der Waals surface area contributed by atoms with Gasteiger partial charge in [-0.25, -0.2) is 8.42 Å². The third-order valence-corrected chi connectivity index (χ3v) is 9.61. The molecule has 0 aromatic heterocycles. The van der Waals surface area contributed by atoms with E-state index >= 15 is 0 Å². The average Bonchev–Trinajstić information content (AvgIpc) is 3.49. The Labute approximate surface area is 253 Å². The molecule has 2 amide bonds. The number of nitrogens with zero attached hydrogens (tertiary/aromatic N) is 2. The van der Waals surface area contributed by atoms with Gasteiger partial charge in [0.1, 0.15) is 18.3 Å². The van der Waals surface area contributed by atoms with Crippen LogP contribution in [0.4, 0.5) is 5.69 Å². The molecule has 1 atom stereocenters. The maximum atomic E-state index is 14.2. The number of anilines is 1. The van der Waals surface area contributed by atoms with E-state index in [2.05, 4.69) is 5.32 Å². The van der Waals surface area contributed by atoms with Crippen molar-refractivity contribution in [1.29, 1.82) is 0 Å². The smallest absolute Gasteiger partial charge is 0.264 e. The largest absolute Gasteiger partial charge is 0.497 e. The summed E-state index contributed by atoms with van der Waals surface area (Å²) in [6.45, 7) is 3.35. The standard InChI is InChI=1S/C32H38ClN3O5S/c1-4-30(32(38)34-26-9-5-6-10-26)35(21-24-12-16-28(41-3)17-13-24)31(37)22-36(27-11-7-8-23(2)20-27)42(39,40)29-18-14-25(33)15-19-29/h7-8,11-20,26,30H,4-6,9-10,21-22H2,1-3H3,(H,34,38)/t30-/m1/s1. The lowest BCUT2D eigenvalue weighted by molar-refractivity contribution is -0.140. The van der Waals surface area contributed by atoms with Crippen LogP contribution in [0, 0.1) is 6.92 Å². The van der Waals surface area contributed by atoms with Gasteiger partial charge in [-0.05, 0) is 85.8 Å². The average molecular weight is 612 g/mol.